The predicted molar refractivity (Wildman–Crippen MR) is 136 cm³/mol. The van der Waals surface area contributed by atoms with Crippen LogP contribution in [0.3, 0.4) is 0 Å². The zero-order chi connectivity index (χ0) is 27.0. The molecule has 1 aliphatic rings. The summed E-state index contributed by atoms with van der Waals surface area (Å²) in [6.07, 6.45) is 0. The Morgan fingerprint density at radius 2 is 1.68 bits per heavy atom. The molecule has 4 aromatic rings. The number of hydrogen-bond acceptors (Lipinski definition) is 7. The first-order valence-electron chi connectivity index (χ1n) is 11.6. The zero-order valence-corrected chi connectivity index (χ0v) is 20.5. The predicted octanol–water partition coefficient (Wildman–Crippen LogP) is 4.93. The Labute approximate surface area is 217 Å². The number of carboxylic acid groups (broad SMARTS) is 1. The lowest BCUT2D eigenvalue weighted by atomic mass is 9.94. The maximum atomic E-state index is 13.8. The summed E-state index contributed by atoms with van der Waals surface area (Å²) in [5.74, 6) is -2.14. The third-order valence-corrected chi connectivity index (χ3v) is 6.49. The first-order valence-corrected chi connectivity index (χ1v) is 11.6. The van der Waals surface area contributed by atoms with Gasteiger partial charge in [0.2, 0.25) is 5.78 Å². The molecule has 0 saturated heterocycles. The van der Waals surface area contributed by atoms with Gasteiger partial charge in [-0.2, -0.15) is 0 Å². The molecule has 1 aromatic heterocycles. The van der Waals surface area contributed by atoms with Gasteiger partial charge in [-0.15, -0.1) is 0 Å². The number of aromatic carboxylic acids is 1. The van der Waals surface area contributed by atoms with Crippen LogP contribution in [0, 0.1) is 0 Å². The van der Waals surface area contributed by atoms with Crippen LogP contribution in [0.4, 0.5) is 0 Å². The second-order valence-electron chi connectivity index (χ2n) is 8.69. The van der Waals surface area contributed by atoms with E-state index in [1.165, 1.54) is 31.3 Å². The van der Waals surface area contributed by atoms with Crippen LogP contribution >= 0.6 is 0 Å². The lowest BCUT2D eigenvalue weighted by Gasteiger charge is -2.27. The van der Waals surface area contributed by atoms with Crippen LogP contribution in [-0.4, -0.2) is 47.0 Å². The molecule has 3 aromatic carbocycles. The molecule has 0 radical (unpaired) electrons. The number of ketones is 1. The number of Topliss-reactive ketones (excluding diaryl/α,β-unsaturated/α-hetero) is 1. The molecular formula is C29H23NO8. The van der Waals surface area contributed by atoms with Gasteiger partial charge in [-0.1, -0.05) is 36.4 Å². The second-order valence-corrected chi connectivity index (χ2v) is 8.69. The van der Waals surface area contributed by atoms with Gasteiger partial charge in [-0.25, -0.2) is 4.79 Å². The molecule has 9 nitrogen and oxygen atoms in total. The van der Waals surface area contributed by atoms with Crippen LogP contribution in [0.2, 0.25) is 0 Å². The summed E-state index contributed by atoms with van der Waals surface area (Å²) in [6.45, 7) is 0.0181. The Bertz CT molecular complexity index is 1580. The van der Waals surface area contributed by atoms with Crippen LogP contribution in [0.15, 0.2) is 88.5 Å². The molecule has 192 valence electrons. The molecule has 1 aliphatic heterocycles. The summed E-state index contributed by atoms with van der Waals surface area (Å²) >= 11 is 0. The van der Waals surface area contributed by atoms with Crippen LogP contribution in [0.1, 0.15) is 38.1 Å². The second kappa shape index (κ2) is 9.78. The Morgan fingerprint density at radius 3 is 2.32 bits per heavy atom. The van der Waals surface area contributed by atoms with E-state index in [4.69, 9.17) is 13.9 Å². The standard InChI is InChI=1S/C29H23NO8/c1-36-20-12-10-17(11-13-20)24-23(25(31)22-14-19-4-3-5-21(37-2)27(19)38-22)26(32)28(33)30(24)15-16-6-8-18(9-7-16)29(34)35/h3-14,24,32H,15H2,1-2H3,(H,34,35). The first-order chi connectivity index (χ1) is 18.3. The van der Waals surface area contributed by atoms with Crippen molar-refractivity contribution in [1.29, 1.82) is 0 Å². The molecule has 0 aliphatic carbocycles. The number of nitrogens with zero attached hydrogens (tertiary/aromatic N) is 1. The molecular weight excluding hydrogens is 490 g/mol. The lowest BCUT2D eigenvalue weighted by molar-refractivity contribution is -0.130. The Kier molecular flexibility index (Phi) is 6.34. The van der Waals surface area contributed by atoms with Crippen molar-refractivity contribution in [2.45, 2.75) is 12.6 Å². The average Bonchev–Trinajstić information content (AvgIpc) is 3.48. The summed E-state index contributed by atoms with van der Waals surface area (Å²) < 4.78 is 16.4. The van der Waals surface area contributed by atoms with E-state index in [-0.39, 0.29) is 23.4 Å². The minimum atomic E-state index is -1.07. The van der Waals surface area contributed by atoms with Crippen molar-refractivity contribution in [3.63, 3.8) is 0 Å². The molecule has 1 unspecified atom stereocenters. The normalized spacial score (nSPS) is 15.3. The molecule has 0 bridgehead atoms. The zero-order valence-electron chi connectivity index (χ0n) is 20.5. The molecule has 0 fully saturated rings. The van der Waals surface area contributed by atoms with Gasteiger partial charge in [0.15, 0.2) is 22.9 Å². The number of fused-ring (bicyclic) bond motifs is 1. The molecule has 9 heteroatoms. The lowest BCUT2D eigenvalue weighted by Crippen LogP contribution is -2.30. The minimum absolute atomic E-state index is 0.0181. The molecule has 2 heterocycles. The molecule has 5 rings (SSSR count). The number of carbonyl (C=O) groups excluding carboxylic acids is 2. The van der Waals surface area contributed by atoms with Crippen molar-refractivity contribution in [2.24, 2.45) is 0 Å². The van der Waals surface area contributed by atoms with E-state index >= 15 is 0 Å². The topological polar surface area (TPSA) is 127 Å². The van der Waals surface area contributed by atoms with E-state index in [1.54, 1.807) is 60.7 Å². The first kappa shape index (κ1) is 24.6. The monoisotopic (exact) mass is 513 g/mol. The van der Waals surface area contributed by atoms with Crippen molar-refractivity contribution in [3.8, 4) is 11.5 Å². The van der Waals surface area contributed by atoms with E-state index in [1.807, 2.05) is 0 Å². The molecule has 1 amide bonds. The number of carbonyl (C=O) groups is 3. The van der Waals surface area contributed by atoms with Gasteiger partial charge >= 0.3 is 5.97 Å². The largest absolute Gasteiger partial charge is 0.503 e. The van der Waals surface area contributed by atoms with E-state index in [2.05, 4.69) is 0 Å². The smallest absolute Gasteiger partial charge is 0.335 e. The Hall–Kier alpha value is -5.05. The molecule has 2 N–H and O–H groups in total. The highest BCUT2D eigenvalue weighted by molar-refractivity contribution is 6.16. The fourth-order valence-electron chi connectivity index (χ4n) is 4.57. The highest BCUT2D eigenvalue weighted by Crippen LogP contribution is 2.41. The van der Waals surface area contributed by atoms with E-state index < -0.39 is 29.5 Å². The number of rotatable bonds is 8. The highest BCUT2D eigenvalue weighted by Gasteiger charge is 2.44. The van der Waals surface area contributed by atoms with Gasteiger partial charge in [0.25, 0.3) is 5.91 Å². The fraction of sp³-hybridized carbons (Fsp3) is 0.138. The van der Waals surface area contributed by atoms with Crippen LogP contribution in [-0.2, 0) is 11.3 Å². The number of benzene rings is 3. The maximum absolute atomic E-state index is 13.8. The van der Waals surface area contributed by atoms with Crippen molar-refractivity contribution in [2.75, 3.05) is 14.2 Å². The van der Waals surface area contributed by atoms with Gasteiger partial charge in [-0.3, -0.25) is 9.59 Å². The van der Waals surface area contributed by atoms with Gasteiger partial charge in [0.05, 0.1) is 31.4 Å². The third-order valence-electron chi connectivity index (χ3n) is 6.49. The number of ether oxygens (including phenoxy) is 2. The van der Waals surface area contributed by atoms with Crippen molar-refractivity contribution < 1.29 is 38.5 Å². The molecule has 38 heavy (non-hydrogen) atoms. The number of aliphatic hydroxyl groups is 1. The number of carboxylic acids is 1. The quantitative estimate of drug-likeness (QED) is 0.318. The Morgan fingerprint density at radius 1 is 0.974 bits per heavy atom. The van der Waals surface area contributed by atoms with Crippen LogP contribution in [0.5, 0.6) is 11.5 Å². The van der Waals surface area contributed by atoms with E-state index in [0.29, 0.717) is 33.6 Å². The fourth-order valence-corrected chi connectivity index (χ4v) is 4.57. The number of methoxy groups -OCH3 is 2. The number of para-hydroxylation sites is 1. The number of amides is 1. The highest BCUT2D eigenvalue weighted by atomic mass is 16.5. The van der Waals surface area contributed by atoms with E-state index in [0.717, 1.165) is 0 Å². The van der Waals surface area contributed by atoms with Crippen molar-refractivity contribution in [1.82, 2.24) is 4.90 Å². The van der Waals surface area contributed by atoms with Gasteiger partial charge < -0.3 is 29.0 Å². The number of hydrogen-bond donors (Lipinski definition) is 2. The van der Waals surface area contributed by atoms with Crippen LogP contribution < -0.4 is 9.47 Å². The van der Waals surface area contributed by atoms with Crippen LogP contribution in [0.25, 0.3) is 11.0 Å². The average molecular weight is 514 g/mol. The summed E-state index contributed by atoms with van der Waals surface area (Å²) in [5.41, 5.74) is 1.55. The minimum Gasteiger partial charge on any atom is -0.503 e. The van der Waals surface area contributed by atoms with Gasteiger partial charge in [0, 0.05) is 11.9 Å². The SMILES string of the molecule is COc1ccc(C2C(C(=O)c3cc4cccc(OC)c4o3)=C(O)C(=O)N2Cc2ccc(C(=O)O)cc2)cc1. The van der Waals surface area contributed by atoms with Crippen molar-refractivity contribution in [3.05, 3.63) is 107 Å². The van der Waals surface area contributed by atoms with E-state index in [9.17, 15) is 24.6 Å². The molecule has 0 spiro atoms. The third kappa shape index (κ3) is 4.24. The summed E-state index contributed by atoms with van der Waals surface area (Å²) in [4.78, 5) is 39.7. The van der Waals surface area contributed by atoms with Crippen molar-refractivity contribution >= 4 is 28.6 Å². The van der Waals surface area contributed by atoms with Gasteiger partial charge in [-0.05, 0) is 47.5 Å². The van der Waals surface area contributed by atoms with Gasteiger partial charge in [0.1, 0.15) is 5.75 Å². The maximum Gasteiger partial charge on any atom is 0.335 e. The summed E-state index contributed by atoms with van der Waals surface area (Å²) in [6, 6.07) is 18.7. The number of furan rings is 1. The summed E-state index contributed by atoms with van der Waals surface area (Å²) in [7, 11) is 3.01. The Balaban J connectivity index is 1.57. The number of aliphatic hydroxyl groups excluding tert-OH is 1. The molecule has 0 saturated carbocycles. The molecule has 1 atom stereocenters. The summed E-state index contributed by atoms with van der Waals surface area (Å²) in [5, 5.41) is 20.8.